The van der Waals surface area contributed by atoms with Gasteiger partial charge in [0, 0.05) is 24.2 Å². The molecule has 2 aromatic carbocycles. The Hall–Kier alpha value is -3.45. The van der Waals surface area contributed by atoms with E-state index in [1.54, 1.807) is 13.0 Å². The molecule has 0 spiro atoms. The summed E-state index contributed by atoms with van der Waals surface area (Å²) < 4.78 is 26.8. The van der Waals surface area contributed by atoms with Crippen molar-refractivity contribution < 1.29 is 23.8 Å². The zero-order chi connectivity index (χ0) is 27.5. The van der Waals surface area contributed by atoms with E-state index in [2.05, 4.69) is 28.9 Å². The van der Waals surface area contributed by atoms with Crippen LogP contribution in [0.25, 0.3) is 11.1 Å². The summed E-state index contributed by atoms with van der Waals surface area (Å²) in [4.78, 5) is 17.9. The van der Waals surface area contributed by atoms with Gasteiger partial charge in [0.1, 0.15) is 17.7 Å². The molecule has 1 fully saturated rings. The fourth-order valence-corrected chi connectivity index (χ4v) is 5.77. The van der Waals surface area contributed by atoms with Crippen LogP contribution in [0.2, 0.25) is 0 Å². The van der Waals surface area contributed by atoms with Gasteiger partial charge in [-0.1, -0.05) is 43.7 Å². The smallest absolute Gasteiger partial charge is 0.306 e. The number of aromatic nitrogens is 1. The maximum Gasteiger partial charge on any atom is 0.306 e. The number of hydrogen-bond donors (Lipinski definition) is 1. The summed E-state index contributed by atoms with van der Waals surface area (Å²) in [5.74, 6) is -0.427. The minimum Gasteiger partial charge on any atom is -0.485 e. The Kier molecular flexibility index (Phi) is 8.17. The van der Waals surface area contributed by atoms with E-state index in [9.17, 15) is 9.90 Å². The van der Waals surface area contributed by atoms with Gasteiger partial charge in [0.05, 0.1) is 19.2 Å². The van der Waals surface area contributed by atoms with Crippen LogP contribution in [0.1, 0.15) is 67.9 Å². The Morgan fingerprint density at radius 3 is 2.79 bits per heavy atom. The molecule has 0 aliphatic carbocycles. The number of likely N-dealkylation sites (tertiary alicyclic amines) is 1. The molecule has 0 bridgehead atoms. The Labute approximate surface area is 229 Å². The van der Waals surface area contributed by atoms with Crippen LogP contribution in [0.15, 0.2) is 48.7 Å². The molecule has 39 heavy (non-hydrogen) atoms. The molecule has 0 amide bonds. The van der Waals surface area contributed by atoms with Crippen LogP contribution in [0.4, 0.5) is 4.39 Å². The molecule has 2 aliphatic rings. The van der Waals surface area contributed by atoms with Crippen molar-refractivity contribution in [2.75, 3.05) is 13.7 Å². The van der Waals surface area contributed by atoms with Crippen LogP contribution in [0.5, 0.6) is 11.6 Å². The first-order chi connectivity index (χ1) is 18.8. The lowest BCUT2D eigenvalue weighted by atomic mass is 9.91. The van der Waals surface area contributed by atoms with Crippen molar-refractivity contribution in [3.63, 3.8) is 0 Å². The van der Waals surface area contributed by atoms with Gasteiger partial charge in [-0.3, -0.25) is 9.69 Å². The number of hydrogen-bond acceptors (Lipinski definition) is 5. The van der Waals surface area contributed by atoms with Gasteiger partial charge < -0.3 is 14.6 Å². The number of carboxylic acid groups (broad SMARTS) is 1. The highest BCUT2D eigenvalue weighted by Gasteiger charge is 2.26. The first kappa shape index (κ1) is 27.1. The predicted octanol–water partition coefficient (Wildman–Crippen LogP) is 6.60. The van der Waals surface area contributed by atoms with Crippen molar-refractivity contribution in [3.05, 3.63) is 76.7 Å². The van der Waals surface area contributed by atoms with Crippen LogP contribution in [0, 0.1) is 11.7 Å². The number of aliphatic carboxylic acids is 1. The van der Waals surface area contributed by atoms with Gasteiger partial charge in [-0.15, -0.1) is 0 Å². The molecule has 1 aromatic heterocycles. The second-order valence-corrected chi connectivity index (χ2v) is 11.0. The lowest BCUT2D eigenvalue weighted by Gasteiger charge is -2.34. The normalized spacial score (nSPS) is 20.1. The van der Waals surface area contributed by atoms with Gasteiger partial charge in [-0.05, 0) is 79.5 Å². The summed E-state index contributed by atoms with van der Waals surface area (Å²) in [6, 6.07) is 14.4. The highest BCUT2D eigenvalue weighted by molar-refractivity contribution is 5.70. The maximum atomic E-state index is 15.0. The zero-order valence-electron chi connectivity index (χ0n) is 23.0. The number of fused-ring (bicyclic) bond motifs is 1. The summed E-state index contributed by atoms with van der Waals surface area (Å²) in [5, 5.41) is 9.31. The van der Waals surface area contributed by atoms with Crippen molar-refractivity contribution >= 4 is 5.97 Å². The van der Waals surface area contributed by atoms with Crippen LogP contribution in [-0.2, 0) is 24.2 Å². The van der Waals surface area contributed by atoms with Gasteiger partial charge in [0.25, 0.3) is 0 Å². The molecule has 1 N–H and O–H groups in total. The Balaban J connectivity index is 1.47. The molecule has 3 heterocycles. The molecule has 3 atom stereocenters. The summed E-state index contributed by atoms with van der Waals surface area (Å²) >= 11 is 0. The van der Waals surface area contributed by atoms with Gasteiger partial charge in [-0.25, -0.2) is 9.37 Å². The van der Waals surface area contributed by atoms with E-state index in [1.807, 2.05) is 24.3 Å². The van der Waals surface area contributed by atoms with Crippen LogP contribution >= 0.6 is 0 Å². The molecule has 1 unspecified atom stereocenters. The number of benzene rings is 2. The average Bonchev–Trinajstić information content (AvgIpc) is 2.94. The van der Waals surface area contributed by atoms with E-state index in [1.165, 1.54) is 26.1 Å². The number of pyridine rings is 1. The lowest BCUT2D eigenvalue weighted by Crippen LogP contribution is -2.36. The van der Waals surface area contributed by atoms with Gasteiger partial charge in [-0.2, -0.15) is 0 Å². The molecule has 6 nitrogen and oxygen atoms in total. The van der Waals surface area contributed by atoms with E-state index >= 15 is 4.39 Å². The molecule has 0 saturated carbocycles. The number of ether oxygens (including phenoxy) is 2. The second-order valence-electron chi connectivity index (χ2n) is 11.0. The number of carbonyl (C=O) groups is 1. The maximum absolute atomic E-state index is 15.0. The van der Waals surface area contributed by atoms with Crippen molar-refractivity contribution in [2.45, 2.75) is 71.1 Å². The fourth-order valence-electron chi connectivity index (χ4n) is 5.77. The molecule has 0 radical (unpaired) electrons. The third kappa shape index (κ3) is 6.09. The Morgan fingerprint density at radius 1 is 1.18 bits per heavy atom. The highest BCUT2D eigenvalue weighted by atomic mass is 19.1. The van der Waals surface area contributed by atoms with E-state index in [0.717, 1.165) is 65.9 Å². The largest absolute Gasteiger partial charge is 0.485 e. The van der Waals surface area contributed by atoms with Crippen LogP contribution < -0.4 is 9.47 Å². The van der Waals surface area contributed by atoms with E-state index in [0.29, 0.717) is 23.9 Å². The topological polar surface area (TPSA) is 71.9 Å². The molecule has 1 saturated heterocycles. The monoisotopic (exact) mass is 532 g/mol. The number of aryl methyl sites for hydroxylation is 1. The minimum absolute atomic E-state index is 0.131. The molecule has 206 valence electrons. The third-order valence-electron chi connectivity index (χ3n) is 8.18. The summed E-state index contributed by atoms with van der Waals surface area (Å²) in [7, 11) is 1.54. The van der Waals surface area contributed by atoms with Crippen LogP contribution in [-0.4, -0.2) is 40.7 Å². The average molecular weight is 533 g/mol. The zero-order valence-corrected chi connectivity index (χ0v) is 23.0. The van der Waals surface area contributed by atoms with Crippen molar-refractivity contribution in [2.24, 2.45) is 5.92 Å². The standard InChI is InChI=1S/C32H37FN2O4/c1-20(32(36)37)14-22-7-8-23-10-12-29(39-30(23)15-22)24-9-11-26(27-17-31(38-3)34-18-28(27)33)25(16-24)19-35-13-5-4-6-21(35)2/h7-9,11,15-18,20-21,29H,4-6,10,12-14,19H2,1-3H3,(H,36,37)/t20?,21-,29+/m1/s1. The van der Waals surface area contributed by atoms with E-state index < -0.39 is 11.9 Å². The first-order valence-corrected chi connectivity index (χ1v) is 13.9. The van der Waals surface area contributed by atoms with Crippen molar-refractivity contribution in [1.29, 1.82) is 0 Å². The van der Waals surface area contributed by atoms with Crippen LogP contribution in [0.3, 0.4) is 0 Å². The highest BCUT2D eigenvalue weighted by Crippen LogP contribution is 2.38. The quantitative estimate of drug-likeness (QED) is 0.352. The number of halogens is 1. The Morgan fingerprint density at radius 2 is 2.03 bits per heavy atom. The number of carboxylic acids is 1. The molecule has 5 rings (SSSR count). The van der Waals surface area contributed by atoms with Gasteiger partial charge in [0.15, 0.2) is 0 Å². The molecule has 7 heteroatoms. The second kappa shape index (κ2) is 11.7. The third-order valence-corrected chi connectivity index (χ3v) is 8.18. The number of methoxy groups -OCH3 is 1. The summed E-state index contributed by atoms with van der Waals surface area (Å²) in [6.45, 7) is 5.74. The number of rotatable bonds is 8. The van der Waals surface area contributed by atoms with Gasteiger partial charge >= 0.3 is 5.97 Å². The summed E-state index contributed by atoms with van der Waals surface area (Å²) in [6.07, 6.45) is 6.85. The molecule has 3 aromatic rings. The molecular weight excluding hydrogens is 495 g/mol. The first-order valence-electron chi connectivity index (χ1n) is 13.9. The predicted molar refractivity (Wildman–Crippen MR) is 149 cm³/mol. The lowest BCUT2D eigenvalue weighted by molar-refractivity contribution is -0.141. The minimum atomic E-state index is -0.801. The van der Waals surface area contributed by atoms with Gasteiger partial charge in [0.2, 0.25) is 5.88 Å². The van der Waals surface area contributed by atoms with E-state index in [-0.39, 0.29) is 11.9 Å². The van der Waals surface area contributed by atoms with E-state index in [4.69, 9.17) is 9.47 Å². The van der Waals surface area contributed by atoms with Crippen molar-refractivity contribution in [1.82, 2.24) is 9.88 Å². The number of nitrogens with zero attached hydrogens (tertiary/aromatic N) is 2. The summed E-state index contributed by atoms with van der Waals surface area (Å²) in [5.41, 5.74) is 5.56. The number of piperidine rings is 1. The fraction of sp³-hybridized carbons (Fsp3) is 0.438. The molecular formula is C32H37FN2O4. The molecule has 2 aliphatic heterocycles. The Bertz CT molecular complexity index is 1340. The van der Waals surface area contributed by atoms with Crippen molar-refractivity contribution in [3.8, 4) is 22.8 Å². The SMILES string of the molecule is COc1cc(-c2ccc([C@@H]3CCc4ccc(CC(C)C(=O)O)cc4O3)cc2CN2CCCC[C@H]2C)c(F)cn1.